The lowest BCUT2D eigenvalue weighted by Crippen LogP contribution is -2.27. The van der Waals surface area contributed by atoms with E-state index in [9.17, 15) is 5.11 Å². The van der Waals surface area contributed by atoms with Crippen LogP contribution in [0.5, 0.6) is 0 Å². The molecule has 0 unspecified atom stereocenters. The molecule has 0 bridgehead atoms. The van der Waals surface area contributed by atoms with E-state index in [0.717, 1.165) is 0 Å². The fourth-order valence-corrected chi connectivity index (χ4v) is 1.47. The normalized spacial score (nSPS) is 15.1. The highest BCUT2D eigenvalue weighted by atomic mass is 35.5. The van der Waals surface area contributed by atoms with Gasteiger partial charge in [0, 0.05) is 22.3 Å². The predicted octanol–water partition coefficient (Wildman–Crippen LogP) is 1.69. The van der Waals surface area contributed by atoms with Gasteiger partial charge in [-0.25, -0.2) is 0 Å². The molecule has 0 heterocycles. The van der Waals surface area contributed by atoms with Gasteiger partial charge in [-0.3, -0.25) is 0 Å². The van der Waals surface area contributed by atoms with Crippen LogP contribution in [0.25, 0.3) is 0 Å². The topological polar surface area (TPSA) is 72.3 Å². The van der Waals surface area contributed by atoms with Crippen LogP contribution < -0.4 is 11.5 Å². The van der Waals surface area contributed by atoms with Gasteiger partial charge in [0.25, 0.3) is 0 Å². The second-order valence-electron chi connectivity index (χ2n) is 3.30. The maximum Gasteiger partial charge on any atom is 0.0955 e. The zero-order valence-corrected chi connectivity index (χ0v) is 8.83. The van der Waals surface area contributed by atoms with E-state index < -0.39 is 6.10 Å². The highest BCUT2D eigenvalue weighted by Gasteiger charge is 2.17. The third kappa shape index (κ3) is 2.38. The van der Waals surface area contributed by atoms with Gasteiger partial charge in [-0.1, -0.05) is 18.5 Å². The molecule has 0 amide bonds. The molecule has 1 aromatic rings. The highest BCUT2D eigenvalue weighted by Crippen LogP contribution is 2.27. The van der Waals surface area contributed by atoms with Crippen LogP contribution in [0.2, 0.25) is 5.02 Å². The van der Waals surface area contributed by atoms with E-state index in [1.165, 1.54) is 0 Å². The summed E-state index contributed by atoms with van der Waals surface area (Å²) in [5.41, 5.74) is 12.5. The zero-order chi connectivity index (χ0) is 10.7. The fraction of sp³-hybridized carbons (Fsp3) is 0.400. The molecule has 0 aliphatic heterocycles. The largest absolute Gasteiger partial charge is 0.399 e. The van der Waals surface area contributed by atoms with Crippen molar-refractivity contribution in [2.75, 3.05) is 5.73 Å². The molecule has 0 aliphatic carbocycles. The van der Waals surface area contributed by atoms with Crippen molar-refractivity contribution in [1.29, 1.82) is 0 Å². The number of hydrogen-bond acceptors (Lipinski definition) is 3. The summed E-state index contributed by atoms with van der Waals surface area (Å²) in [5.74, 6) is 0. The minimum absolute atomic E-state index is 0.311. The van der Waals surface area contributed by atoms with Gasteiger partial charge in [0.15, 0.2) is 0 Å². The number of nitrogens with two attached hydrogens (primary N) is 2. The van der Waals surface area contributed by atoms with Gasteiger partial charge < -0.3 is 16.6 Å². The molecule has 0 aliphatic rings. The minimum atomic E-state index is -0.754. The molecule has 2 atom stereocenters. The minimum Gasteiger partial charge on any atom is -0.399 e. The zero-order valence-electron chi connectivity index (χ0n) is 8.07. The van der Waals surface area contributed by atoms with Crippen molar-refractivity contribution in [2.45, 2.75) is 25.5 Å². The second-order valence-corrected chi connectivity index (χ2v) is 3.71. The van der Waals surface area contributed by atoms with E-state index >= 15 is 0 Å². The summed E-state index contributed by atoms with van der Waals surface area (Å²) in [6.07, 6.45) is -0.0669. The quantitative estimate of drug-likeness (QED) is 0.671. The molecule has 4 heteroatoms. The van der Waals surface area contributed by atoms with Gasteiger partial charge in [-0.2, -0.15) is 0 Å². The third-order valence-corrected chi connectivity index (χ3v) is 2.56. The van der Waals surface area contributed by atoms with Crippen molar-refractivity contribution in [2.24, 2.45) is 5.73 Å². The number of hydrogen-bond donors (Lipinski definition) is 3. The summed E-state index contributed by atoms with van der Waals surface area (Å²) < 4.78 is 0. The van der Waals surface area contributed by atoms with Crippen LogP contribution in [0.4, 0.5) is 5.69 Å². The van der Waals surface area contributed by atoms with Gasteiger partial charge in [0.2, 0.25) is 0 Å². The maximum absolute atomic E-state index is 9.83. The number of benzene rings is 1. The Morgan fingerprint density at radius 2 is 2.14 bits per heavy atom. The first-order valence-electron chi connectivity index (χ1n) is 4.54. The summed E-state index contributed by atoms with van der Waals surface area (Å²) in [6.45, 7) is 1.91. The molecule has 0 saturated carbocycles. The first kappa shape index (κ1) is 11.3. The Bertz CT molecular complexity index is 317. The average Bonchev–Trinajstić information content (AvgIpc) is 2.19. The molecule has 5 N–H and O–H groups in total. The smallest absolute Gasteiger partial charge is 0.0955 e. The number of aliphatic hydroxyl groups is 1. The number of halogens is 1. The van der Waals surface area contributed by atoms with Crippen molar-refractivity contribution in [3.63, 3.8) is 0 Å². The molecule has 1 aromatic carbocycles. The molecule has 0 fully saturated rings. The summed E-state index contributed by atoms with van der Waals surface area (Å²) in [6, 6.07) is 4.70. The Morgan fingerprint density at radius 3 is 2.71 bits per heavy atom. The summed E-state index contributed by atoms with van der Waals surface area (Å²) in [4.78, 5) is 0. The third-order valence-electron chi connectivity index (χ3n) is 2.22. The Kier molecular flexibility index (Phi) is 3.75. The first-order valence-corrected chi connectivity index (χ1v) is 4.92. The predicted molar refractivity (Wildman–Crippen MR) is 59.1 cm³/mol. The summed E-state index contributed by atoms with van der Waals surface area (Å²) in [5, 5.41) is 10.3. The lowest BCUT2D eigenvalue weighted by Gasteiger charge is -2.18. The van der Waals surface area contributed by atoms with Crippen molar-refractivity contribution in [3.05, 3.63) is 28.8 Å². The van der Waals surface area contributed by atoms with E-state index in [2.05, 4.69) is 0 Å². The summed E-state index contributed by atoms with van der Waals surface area (Å²) >= 11 is 5.92. The molecule has 78 valence electrons. The van der Waals surface area contributed by atoms with Crippen molar-refractivity contribution < 1.29 is 5.11 Å². The Labute approximate surface area is 88.7 Å². The molecule has 0 spiro atoms. The Balaban J connectivity index is 2.99. The molecular weight excluding hydrogens is 200 g/mol. The molecule has 0 aromatic heterocycles. The number of nitrogen functional groups attached to an aromatic ring is 1. The Morgan fingerprint density at radius 1 is 1.50 bits per heavy atom. The Hall–Kier alpha value is -0.770. The van der Waals surface area contributed by atoms with Crippen LogP contribution >= 0.6 is 11.6 Å². The molecule has 14 heavy (non-hydrogen) atoms. The van der Waals surface area contributed by atoms with Crippen molar-refractivity contribution in [1.82, 2.24) is 0 Å². The number of aliphatic hydroxyl groups excluding tert-OH is 1. The van der Waals surface area contributed by atoms with Crippen molar-refractivity contribution in [3.8, 4) is 0 Å². The monoisotopic (exact) mass is 214 g/mol. The number of rotatable bonds is 3. The highest BCUT2D eigenvalue weighted by molar-refractivity contribution is 6.31. The van der Waals surface area contributed by atoms with Gasteiger partial charge in [-0.05, 0) is 24.6 Å². The summed E-state index contributed by atoms with van der Waals surface area (Å²) in [7, 11) is 0. The van der Waals surface area contributed by atoms with Crippen LogP contribution in [0, 0.1) is 0 Å². The van der Waals surface area contributed by atoms with E-state index in [0.29, 0.717) is 22.7 Å². The first-order chi connectivity index (χ1) is 6.56. The van der Waals surface area contributed by atoms with Crippen LogP contribution in [0.3, 0.4) is 0 Å². The van der Waals surface area contributed by atoms with Crippen LogP contribution in [-0.2, 0) is 0 Å². The fourth-order valence-electron chi connectivity index (χ4n) is 1.24. The van der Waals surface area contributed by atoms with Gasteiger partial charge >= 0.3 is 0 Å². The lowest BCUT2D eigenvalue weighted by molar-refractivity contribution is 0.144. The van der Waals surface area contributed by atoms with Gasteiger partial charge in [-0.15, -0.1) is 0 Å². The maximum atomic E-state index is 9.83. The van der Waals surface area contributed by atoms with E-state index in [1.54, 1.807) is 18.2 Å². The molecular formula is C10H15ClN2O. The second kappa shape index (κ2) is 4.64. The van der Waals surface area contributed by atoms with Crippen molar-refractivity contribution >= 4 is 17.3 Å². The molecule has 0 radical (unpaired) electrons. The SMILES string of the molecule is CC[C@H](N)[C@@H](O)c1cc(N)ccc1Cl. The van der Waals surface area contributed by atoms with E-state index in [1.807, 2.05) is 6.92 Å². The standard InChI is InChI=1S/C10H15ClN2O/c1-2-9(13)10(14)7-5-6(12)3-4-8(7)11/h3-5,9-10,14H,2,12-13H2,1H3/t9-,10-/m0/s1. The van der Waals surface area contributed by atoms with E-state index in [4.69, 9.17) is 23.1 Å². The average molecular weight is 215 g/mol. The van der Waals surface area contributed by atoms with Crippen LogP contribution in [0.1, 0.15) is 25.0 Å². The van der Waals surface area contributed by atoms with Crippen LogP contribution in [-0.4, -0.2) is 11.1 Å². The molecule has 1 rings (SSSR count). The van der Waals surface area contributed by atoms with Crippen LogP contribution in [0.15, 0.2) is 18.2 Å². The number of anilines is 1. The van der Waals surface area contributed by atoms with E-state index in [-0.39, 0.29) is 6.04 Å². The van der Waals surface area contributed by atoms with Gasteiger partial charge in [0.1, 0.15) is 0 Å². The lowest BCUT2D eigenvalue weighted by atomic mass is 10.0. The molecule has 0 saturated heterocycles. The molecule has 3 nitrogen and oxygen atoms in total. The van der Waals surface area contributed by atoms with Gasteiger partial charge in [0.05, 0.1) is 6.10 Å².